The van der Waals surface area contributed by atoms with E-state index in [1.165, 1.54) is 6.42 Å². The summed E-state index contributed by atoms with van der Waals surface area (Å²) in [6.45, 7) is 3.01. The van der Waals surface area contributed by atoms with E-state index < -0.39 is 0 Å². The van der Waals surface area contributed by atoms with Crippen molar-refractivity contribution in [2.24, 2.45) is 0 Å². The van der Waals surface area contributed by atoms with Crippen LogP contribution in [0, 0.1) is 0 Å². The van der Waals surface area contributed by atoms with Crippen LogP contribution in [-0.4, -0.2) is 23.4 Å². The maximum absolute atomic E-state index is 12.1. The Morgan fingerprint density at radius 3 is 3.13 bits per heavy atom. The molecule has 0 bridgehead atoms. The molecule has 0 unspecified atom stereocenters. The van der Waals surface area contributed by atoms with Crippen molar-refractivity contribution in [3.8, 4) is 0 Å². The first-order valence-corrected chi connectivity index (χ1v) is 5.67. The molecule has 1 aliphatic rings. The Hall–Kier alpha value is -1.25. The molecule has 3 nitrogen and oxygen atoms in total. The molecular formula is C12H17NO2. The van der Waals surface area contributed by atoms with E-state index >= 15 is 0 Å². The Labute approximate surface area is 90.1 Å². The average Bonchev–Trinajstić information content (AvgIpc) is 2.81. The third-order valence-electron chi connectivity index (χ3n) is 3.09. The van der Waals surface area contributed by atoms with Crippen molar-refractivity contribution in [3.05, 3.63) is 24.2 Å². The van der Waals surface area contributed by atoms with Gasteiger partial charge in [-0.05, 0) is 37.8 Å². The first kappa shape index (κ1) is 10.3. The van der Waals surface area contributed by atoms with Gasteiger partial charge in [0.15, 0.2) is 5.76 Å². The lowest BCUT2D eigenvalue weighted by Crippen LogP contribution is -2.43. The van der Waals surface area contributed by atoms with Crippen molar-refractivity contribution in [1.82, 2.24) is 4.90 Å². The standard InChI is InChI=1S/C12H17NO2/c1-2-10-6-3-4-8-13(10)12(14)11-7-5-9-15-11/h5,7,9-10H,2-4,6,8H2,1H3/t10-/m1/s1. The summed E-state index contributed by atoms with van der Waals surface area (Å²) in [5.41, 5.74) is 0. The minimum Gasteiger partial charge on any atom is -0.459 e. The summed E-state index contributed by atoms with van der Waals surface area (Å²) in [6, 6.07) is 3.90. The third kappa shape index (κ3) is 2.06. The van der Waals surface area contributed by atoms with Gasteiger partial charge in [0.25, 0.3) is 5.91 Å². The summed E-state index contributed by atoms with van der Waals surface area (Å²) in [7, 11) is 0. The molecule has 0 aliphatic carbocycles. The van der Waals surface area contributed by atoms with Crippen LogP contribution >= 0.6 is 0 Å². The largest absolute Gasteiger partial charge is 0.459 e. The van der Waals surface area contributed by atoms with Crippen LogP contribution in [0.3, 0.4) is 0 Å². The Morgan fingerprint density at radius 1 is 1.60 bits per heavy atom. The van der Waals surface area contributed by atoms with E-state index in [4.69, 9.17) is 4.42 Å². The van der Waals surface area contributed by atoms with Gasteiger partial charge in [-0.3, -0.25) is 4.79 Å². The zero-order chi connectivity index (χ0) is 10.7. The van der Waals surface area contributed by atoms with Gasteiger partial charge in [0.05, 0.1) is 6.26 Å². The van der Waals surface area contributed by atoms with Crippen LogP contribution in [0.2, 0.25) is 0 Å². The molecule has 0 N–H and O–H groups in total. The monoisotopic (exact) mass is 207 g/mol. The fraction of sp³-hybridized carbons (Fsp3) is 0.583. The van der Waals surface area contributed by atoms with Crippen LogP contribution in [-0.2, 0) is 0 Å². The molecule has 1 aliphatic heterocycles. The maximum atomic E-state index is 12.1. The zero-order valence-electron chi connectivity index (χ0n) is 9.11. The highest BCUT2D eigenvalue weighted by Crippen LogP contribution is 2.21. The average molecular weight is 207 g/mol. The van der Waals surface area contributed by atoms with E-state index in [9.17, 15) is 4.79 Å². The van der Waals surface area contributed by atoms with E-state index in [0.717, 1.165) is 25.8 Å². The van der Waals surface area contributed by atoms with Gasteiger partial charge in [0.1, 0.15) is 0 Å². The number of piperidine rings is 1. The number of likely N-dealkylation sites (tertiary alicyclic amines) is 1. The first-order valence-electron chi connectivity index (χ1n) is 5.67. The number of carbonyl (C=O) groups excluding carboxylic acids is 1. The van der Waals surface area contributed by atoms with Crippen molar-refractivity contribution in [1.29, 1.82) is 0 Å². The summed E-state index contributed by atoms with van der Waals surface area (Å²) < 4.78 is 5.15. The van der Waals surface area contributed by atoms with Gasteiger partial charge in [-0.2, -0.15) is 0 Å². The molecule has 3 heteroatoms. The van der Waals surface area contributed by atoms with Gasteiger partial charge in [-0.25, -0.2) is 0 Å². The molecule has 2 heterocycles. The summed E-state index contributed by atoms with van der Waals surface area (Å²) in [5, 5.41) is 0. The van der Waals surface area contributed by atoms with Crippen LogP contribution in [0.25, 0.3) is 0 Å². The van der Waals surface area contributed by atoms with Crippen molar-refractivity contribution in [2.75, 3.05) is 6.54 Å². The molecule has 0 saturated carbocycles. The number of nitrogens with zero attached hydrogens (tertiary/aromatic N) is 1. The van der Waals surface area contributed by atoms with Gasteiger partial charge in [0.2, 0.25) is 0 Å². The van der Waals surface area contributed by atoms with Crippen LogP contribution in [0.1, 0.15) is 43.2 Å². The van der Waals surface area contributed by atoms with Gasteiger partial charge < -0.3 is 9.32 Å². The zero-order valence-corrected chi connectivity index (χ0v) is 9.11. The van der Waals surface area contributed by atoms with Crippen molar-refractivity contribution in [2.45, 2.75) is 38.6 Å². The number of hydrogen-bond acceptors (Lipinski definition) is 2. The highest BCUT2D eigenvalue weighted by Gasteiger charge is 2.27. The van der Waals surface area contributed by atoms with E-state index in [1.807, 2.05) is 4.90 Å². The Morgan fingerprint density at radius 2 is 2.47 bits per heavy atom. The number of hydrogen-bond donors (Lipinski definition) is 0. The van der Waals surface area contributed by atoms with E-state index in [0.29, 0.717) is 11.8 Å². The molecule has 2 rings (SSSR count). The topological polar surface area (TPSA) is 33.5 Å². The minimum atomic E-state index is 0.0477. The molecule has 1 amide bonds. The molecule has 15 heavy (non-hydrogen) atoms. The highest BCUT2D eigenvalue weighted by molar-refractivity contribution is 5.91. The lowest BCUT2D eigenvalue weighted by molar-refractivity contribution is 0.0575. The lowest BCUT2D eigenvalue weighted by atomic mass is 10.00. The fourth-order valence-electron chi connectivity index (χ4n) is 2.23. The van der Waals surface area contributed by atoms with Gasteiger partial charge in [-0.15, -0.1) is 0 Å². The molecule has 1 aromatic heterocycles. The Bertz CT molecular complexity index is 318. The maximum Gasteiger partial charge on any atom is 0.289 e. The van der Waals surface area contributed by atoms with Crippen LogP contribution in [0.15, 0.2) is 22.8 Å². The quantitative estimate of drug-likeness (QED) is 0.747. The van der Waals surface area contributed by atoms with E-state index in [2.05, 4.69) is 6.92 Å². The molecule has 1 fully saturated rings. The number of rotatable bonds is 2. The smallest absolute Gasteiger partial charge is 0.289 e. The van der Waals surface area contributed by atoms with Crippen LogP contribution in [0.4, 0.5) is 0 Å². The highest BCUT2D eigenvalue weighted by atomic mass is 16.3. The predicted molar refractivity (Wildman–Crippen MR) is 57.7 cm³/mol. The number of amides is 1. The molecule has 1 aromatic rings. The molecular weight excluding hydrogens is 190 g/mol. The summed E-state index contributed by atoms with van der Waals surface area (Å²) in [4.78, 5) is 14.0. The normalized spacial score (nSPS) is 21.7. The molecule has 82 valence electrons. The van der Waals surface area contributed by atoms with E-state index in [-0.39, 0.29) is 5.91 Å². The van der Waals surface area contributed by atoms with Gasteiger partial charge in [-0.1, -0.05) is 6.92 Å². The fourth-order valence-corrected chi connectivity index (χ4v) is 2.23. The van der Waals surface area contributed by atoms with Gasteiger partial charge in [0, 0.05) is 12.6 Å². The van der Waals surface area contributed by atoms with Crippen LogP contribution < -0.4 is 0 Å². The third-order valence-corrected chi connectivity index (χ3v) is 3.09. The summed E-state index contributed by atoms with van der Waals surface area (Å²) in [6.07, 6.45) is 6.07. The van der Waals surface area contributed by atoms with E-state index in [1.54, 1.807) is 18.4 Å². The second-order valence-corrected chi connectivity index (χ2v) is 4.03. The second-order valence-electron chi connectivity index (χ2n) is 4.03. The minimum absolute atomic E-state index is 0.0477. The first-order chi connectivity index (χ1) is 7.33. The number of carbonyl (C=O) groups is 1. The summed E-state index contributed by atoms with van der Waals surface area (Å²) in [5.74, 6) is 0.516. The molecule has 0 spiro atoms. The molecule has 0 aromatic carbocycles. The Balaban J connectivity index is 2.11. The molecule has 0 radical (unpaired) electrons. The lowest BCUT2D eigenvalue weighted by Gasteiger charge is -2.34. The van der Waals surface area contributed by atoms with Crippen molar-refractivity contribution in [3.63, 3.8) is 0 Å². The molecule has 1 saturated heterocycles. The summed E-state index contributed by atoms with van der Waals surface area (Å²) >= 11 is 0. The second kappa shape index (κ2) is 4.51. The SMILES string of the molecule is CC[C@@H]1CCCCN1C(=O)c1ccco1. The van der Waals surface area contributed by atoms with Crippen LogP contribution in [0.5, 0.6) is 0 Å². The Kier molecular flexibility index (Phi) is 3.09. The van der Waals surface area contributed by atoms with Crippen molar-refractivity contribution < 1.29 is 9.21 Å². The number of furan rings is 1. The molecule has 1 atom stereocenters. The van der Waals surface area contributed by atoms with Gasteiger partial charge >= 0.3 is 0 Å². The predicted octanol–water partition coefficient (Wildman–Crippen LogP) is 2.68. The van der Waals surface area contributed by atoms with Crippen molar-refractivity contribution >= 4 is 5.91 Å².